The minimum absolute atomic E-state index is 0.255. The van der Waals surface area contributed by atoms with Crippen molar-refractivity contribution in [3.63, 3.8) is 0 Å². The molecule has 10 heteroatoms. The number of carboxylic acid groups (broad SMARTS) is 1. The van der Waals surface area contributed by atoms with Crippen LogP contribution >= 0.6 is 23.1 Å². The second-order valence-electron chi connectivity index (χ2n) is 6.37. The Bertz CT molecular complexity index is 725. The molecule has 0 saturated heterocycles. The summed E-state index contributed by atoms with van der Waals surface area (Å²) in [6.45, 7) is 5.15. The number of nitrogens with zero attached hydrogens (tertiary/aromatic N) is 2. The van der Waals surface area contributed by atoms with Gasteiger partial charge < -0.3 is 19.7 Å². The first-order valence-corrected chi connectivity index (χ1v) is 9.94. The predicted octanol–water partition coefficient (Wildman–Crippen LogP) is 3.40. The average Bonchev–Trinajstić information content (AvgIpc) is 3.19. The number of alkyl carbamates (subject to hydrolysis) is 1. The van der Waals surface area contributed by atoms with E-state index >= 15 is 0 Å². The summed E-state index contributed by atoms with van der Waals surface area (Å²) < 4.78 is 10.3. The lowest BCUT2D eigenvalue weighted by Gasteiger charge is -2.21. The molecule has 2 aromatic rings. The fourth-order valence-electron chi connectivity index (χ4n) is 1.89. The summed E-state index contributed by atoms with van der Waals surface area (Å²) in [7, 11) is 0. The molecule has 8 nitrogen and oxygen atoms in total. The molecule has 2 heterocycles. The van der Waals surface area contributed by atoms with E-state index in [4.69, 9.17) is 9.26 Å². The number of amides is 1. The monoisotopic (exact) mass is 399 g/mol. The van der Waals surface area contributed by atoms with E-state index in [9.17, 15) is 14.7 Å². The van der Waals surface area contributed by atoms with Gasteiger partial charge in [-0.2, -0.15) is 16.7 Å². The van der Waals surface area contributed by atoms with Gasteiger partial charge in [-0.1, -0.05) is 11.2 Å². The highest BCUT2D eigenvalue weighted by atomic mass is 32.2. The highest BCUT2D eigenvalue weighted by Gasteiger charge is 2.23. The number of aromatic nitrogens is 2. The summed E-state index contributed by atoms with van der Waals surface area (Å²) in [5, 5.41) is 17.4. The fourth-order valence-corrected chi connectivity index (χ4v) is 3.38. The first-order valence-electron chi connectivity index (χ1n) is 7.91. The molecular weight excluding hydrogens is 378 g/mol. The van der Waals surface area contributed by atoms with Gasteiger partial charge >= 0.3 is 12.1 Å². The molecule has 142 valence electrons. The van der Waals surface area contributed by atoms with Gasteiger partial charge in [0, 0.05) is 0 Å². The number of carbonyl (C=O) groups excluding carboxylic acids is 1. The van der Waals surface area contributed by atoms with Gasteiger partial charge in [0.15, 0.2) is 0 Å². The Kier molecular flexibility index (Phi) is 7.04. The summed E-state index contributed by atoms with van der Waals surface area (Å²) in [5.41, 5.74) is -0.680. The number of hydrogen-bond donors (Lipinski definition) is 2. The van der Waals surface area contributed by atoms with Crippen LogP contribution in [0.5, 0.6) is 0 Å². The van der Waals surface area contributed by atoms with Gasteiger partial charge in [0.2, 0.25) is 11.7 Å². The number of thioether (sulfide) groups is 1. The van der Waals surface area contributed by atoms with E-state index in [2.05, 4.69) is 15.5 Å². The minimum Gasteiger partial charge on any atom is -0.480 e. The molecule has 0 aliphatic carbocycles. The molecule has 0 aliphatic rings. The van der Waals surface area contributed by atoms with Crippen molar-refractivity contribution in [3.05, 3.63) is 23.4 Å². The van der Waals surface area contributed by atoms with E-state index in [-0.39, 0.29) is 6.42 Å². The van der Waals surface area contributed by atoms with E-state index in [0.29, 0.717) is 23.2 Å². The quantitative estimate of drug-likeness (QED) is 0.649. The molecule has 0 radical (unpaired) electrons. The maximum Gasteiger partial charge on any atom is 0.408 e. The van der Waals surface area contributed by atoms with E-state index in [1.165, 1.54) is 23.1 Å². The average molecular weight is 399 g/mol. The summed E-state index contributed by atoms with van der Waals surface area (Å²) in [6, 6.07) is 2.81. The lowest BCUT2D eigenvalue weighted by atomic mass is 10.2. The molecule has 0 saturated carbocycles. The molecule has 0 bridgehead atoms. The minimum atomic E-state index is -1.10. The second-order valence-corrected chi connectivity index (χ2v) is 8.42. The number of rotatable bonds is 8. The Balaban J connectivity index is 1.76. The summed E-state index contributed by atoms with van der Waals surface area (Å²) >= 11 is 2.98. The van der Waals surface area contributed by atoms with Crippen LogP contribution in [0.4, 0.5) is 4.79 Å². The second kappa shape index (κ2) is 9.04. The van der Waals surface area contributed by atoms with Crippen LogP contribution in [0, 0.1) is 0 Å². The summed E-state index contributed by atoms with van der Waals surface area (Å²) in [5.74, 6) is 0.894. The summed E-state index contributed by atoms with van der Waals surface area (Å²) in [4.78, 5) is 28.2. The van der Waals surface area contributed by atoms with E-state index in [0.717, 1.165) is 4.88 Å². The Morgan fingerprint density at radius 3 is 2.85 bits per heavy atom. The van der Waals surface area contributed by atoms with Crippen molar-refractivity contribution in [2.45, 2.75) is 44.6 Å². The van der Waals surface area contributed by atoms with Crippen molar-refractivity contribution in [3.8, 4) is 10.7 Å². The predicted molar refractivity (Wildman–Crippen MR) is 99.2 cm³/mol. The van der Waals surface area contributed by atoms with E-state index < -0.39 is 23.7 Å². The van der Waals surface area contributed by atoms with Crippen molar-refractivity contribution in [1.29, 1.82) is 0 Å². The lowest BCUT2D eigenvalue weighted by molar-refractivity contribution is -0.139. The van der Waals surface area contributed by atoms with Gasteiger partial charge in [-0.25, -0.2) is 9.59 Å². The number of carboxylic acids is 1. The van der Waals surface area contributed by atoms with Crippen LogP contribution < -0.4 is 5.32 Å². The molecule has 0 fully saturated rings. The van der Waals surface area contributed by atoms with Crippen molar-refractivity contribution >= 4 is 35.2 Å². The van der Waals surface area contributed by atoms with Crippen molar-refractivity contribution in [2.24, 2.45) is 0 Å². The zero-order valence-electron chi connectivity index (χ0n) is 14.7. The van der Waals surface area contributed by atoms with Gasteiger partial charge in [-0.3, -0.25) is 0 Å². The number of thiophene rings is 1. The highest BCUT2D eigenvalue weighted by Crippen LogP contribution is 2.22. The third-order valence-corrected chi connectivity index (χ3v) is 4.82. The molecule has 1 unspecified atom stereocenters. The largest absolute Gasteiger partial charge is 0.480 e. The van der Waals surface area contributed by atoms with Crippen LogP contribution in [0.3, 0.4) is 0 Å². The van der Waals surface area contributed by atoms with Crippen LogP contribution in [0.25, 0.3) is 10.7 Å². The number of carbonyl (C=O) groups is 2. The van der Waals surface area contributed by atoms with Crippen LogP contribution in [-0.2, 0) is 15.3 Å². The van der Waals surface area contributed by atoms with Gasteiger partial charge in [-0.15, -0.1) is 11.3 Å². The molecule has 2 aromatic heterocycles. The number of hydrogen-bond acceptors (Lipinski definition) is 8. The van der Waals surface area contributed by atoms with Gasteiger partial charge in [0.1, 0.15) is 11.6 Å². The van der Waals surface area contributed by atoms with E-state index in [1.807, 2.05) is 17.5 Å². The first-order chi connectivity index (χ1) is 12.2. The van der Waals surface area contributed by atoms with E-state index in [1.54, 1.807) is 20.8 Å². The highest BCUT2D eigenvalue weighted by molar-refractivity contribution is 7.98. The van der Waals surface area contributed by atoms with Crippen molar-refractivity contribution < 1.29 is 24.0 Å². The molecule has 0 aliphatic heterocycles. The van der Waals surface area contributed by atoms with Crippen molar-refractivity contribution in [1.82, 2.24) is 15.5 Å². The number of aliphatic carboxylic acids is 1. The van der Waals surface area contributed by atoms with Gasteiger partial charge in [-0.05, 0) is 44.4 Å². The Morgan fingerprint density at radius 2 is 2.23 bits per heavy atom. The Morgan fingerprint density at radius 1 is 1.46 bits per heavy atom. The molecular formula is C16H21N3O5S2. The molecule has 26 heavy (non-hydrogen) atoms. The lowest BCUT2D eigenvalue weighted by Crippen LogP contribution is -2.43. The molecule has 0 aromatic carbocycles. The molecule has 2 N–H and O–H groups in total. The normalized spacial score (nSPS) is 12.6. The number of ether oxygens (including phenoxy) is 1. The van der Waals surface area contributed by atoms with Crippen molar-refractivity contribution in [2.75, 3.05) is 5.75 Å². The van der Waals surface area contributed by atoms with Crippen LogP contribution in [0.15, 0.2) is 22.0 Å². The zero-order valence-corrected chi connectivity index (χ0v) is 16.4. The first kappa shape index (κ1) is 20.2. The molecule has 1 amide bonds. The summed E-state index contributed by atoms with van der Waals surface area (Å²) in [6.07, 6.45) is -0.488. The maximum absolute atomic E-state index is 11.7. The Labute approximate surface area is 159 Å². The maximum atomic E-state index is 11.7. The molecule has 2 rings (SSSR count). The van der Waals surface area contributed by atoms with Gasteiger partial charge in [0.05, 0.1) is 10.6 Å². The van der Waals surface area contributed by atoms with Crippen LogP contribution in [0.2, 0.25) is 0 Å². The molecule has 1 atom stereocenters. The van der Waals surface area contributed by atoms with Crippen LogP contribution in [0.1, 0.15) is 33.1 Å². The number of nitrogens with one attached hydrogen (secondary N) is 1. The smallest absolute Gasteiger partial charge is 0.408 e. The third-order valence-electron chi connectivity index (χ3n) is 2.98. The third kappa shape index (κ3) is 6.68. The fraction of sp³-hybridized carbons (Fsp3) is 0.500. The zero-order chi connectivity index (χ0) is 19.2. The SMILES string of the molecule is CC(C)(C)OC(=O)NC(CCSCc1nc(-c2cccs2)no1)C(=O)O. The Hall–Kier alpha value is -2.07. The molecule has 0 spiro atoms. The topological polar surface area (TPSA) is 115 Å². The van der Waals surface area contributed by atoms with Crippen LogP contribution in [-0.4, -0.2) is 44.7 Å². The van der Waals surface area contributed by atoms with Gasteiger partial charge in [0.25, 0.3) is 0 Å². The standard InChI is InChI=1S/C16H21N3O5S2/c1-16(2,3)23-15(22)17-10(14(20)21)6-8-25-9-12-18-13(19-24-12)11-5-4-7-26-11/h4-5,7,10H,6,8-9H2,1-3H3,(H,17,22)(H,20,21).